The molecule has 0 amide bonds. The number of aromatic nitrogens is 4. The first kappa shape index (κ1) is 11.8. The highest BCUT2D eigenvalue weighted by Crippen LogP contribution is 2.18. The van der Waals surface area contributed by atoms with Crippen LogP contribution in [-0.2, 0) is 6.54 Å². The topological polar surface area (TPSA) is 63.6 Å². The van der Waals surface area contributed by atoms with E-state index in [4.69, 9.17) is 11.6 Å². The van der Waals surface area contributed by atoms with Crippen LogP contribution in [0.3, 0.4) is 0 Å². The fraction of sp³-hybridized carbons (Fsp3) is 0.0769. The van der Waals surface area contributed by atoms with Gasteiger partial charge in [-0.05, 0) is 17.2 Å². The zero-order valence-electron chi connectivity index (χ0n) is 9.92. The molecule has 1 N–H and O–H groups in total. The first-order valence-electron chi connectivity index (χ1n) is 5.75. The summed E-state index contributed by atoms with van der Waals surface area (Å²) < 4.78 is 0. The van der Waals surface area contributed by atoms with Crippen LogP contribution in [-0.4, -0.2) is 19.9 Å². The predicted octanol–water partition coefficient (Wildman–Crippen LogP) is 2.69. The third-order valence-corrected chi connectivity index (χ3v) is 2.78. The zero-order chi connectivity index (χ0) is 13.1. The molecule has 19 heavy (non-hydrogen) atoms. The lowest BCUT2D eigenvalue weighted by molar-refractivity contribution is 1.08. The molecule has 0 aliphatic heterocycles. The highest BCUT2D eigenvalue weighted by Gasteiger charge is 2.08. The van der Waals surface area contributed by atoms with E-state index >= 15 is 0 Å². The highest BCUT2D eigenvalue weighted by atomic mass is 35.5. The normalized spacial score (nSPS) is 10.6. The molecule has 0 saturated carbocycles. The quantitative estimate of drug-likeness (QED) is 0.742. The maximum absolute atomic E-state index is 5.88. The lowest BCUT2D eigenvalue weighted by Crippen LogP contribution is -2.04. The van der Waals surface area contributed by atoms with Gasteiger partial charge in [-0.1, -0.05) is 30.3 Å². The molecule has 2 aromatic heterocycles. The molecule has 0 fully saturated rings. The molecule has 3 rings (SSSR count). The maximum Gasteiger partial charge on any atom is 0.226 e. The van der Waals surface area contributed by atoms with Crippen molar-refractivity contribution in [3.8, 4) is 0 Å². The van der Waals surface area contributed by atoms with Gasteiger partial charge in [0.15, 0.2) is 17.0 Å². The van der Waals surface area contributed by atoms with E-state index in [1.807, 2.05) is 30.3 Å². The molecule has 0 spiro atoms. The number of halogens is 1. The Labute approximate surface area is 114 Å². The Morgan fingerprint density at radius 3 is 2.63 bits per heavy atom. The van der Waals surface area contributed by atoms with Gasteiger partial charge in [0.05, 0.1) is 0 Å². The fourth-order valence-corrected chi connectivity index (χ4v) is 1.91. The van der Waals surface area contributed by atoms with Crippen LogP contribution in [0.15, 0.2) is 42.7 Å². The van der Waals surface area contributed by atoms with E-state index in [1.54, 1.807) is 12.4 Å². The van der Waals surface area contributed by atoms with E-state index in [2.05, 4.69) is 25.3 Å². The first-order chi connectivity index (χ1) is 9.33. The lowest BCUT2D eigenvalue weighted by atomic mass is 10.2. The smallest absolute Gasteiger partial charge is 0.226 e. The third-order valence-electron chi connectivity index (χ3n) is 2.61. The van der Waals surface area contributed by atoms with Gasteiger partial charge in [-0.15, -0.1) is 0 Å². The van der Waals surface area contributed by atoms with E-state index in [0.29, 0.717) is 23.5 Å². The predicted molar refractivity (Wildman–Crippen MR) is 73.9 cm³/mol. The Hall–Kier alpha value is -2.27. The van der Waals surface area contributed by atoms with E-state index in [9.17, 15) is 0 Å². The number of hydrogen-bond donors (Lipinski definition) is 1. The van der Waals surface area contributed by atoms with Gasteiger partial charge in [0.1, 0.15) is 0 Å². The Morgan fingerprint density at radius 1 is 1.00 bits per heavy atom. The van der Waals surface area contributed by atoms with Crippen molar-refractivity contribution in [1.82, 2.24) is 19.9 Å². The minimum Gasteiger partial charge on any atom is -0.364 e. The van der Waals surface area contributed by atoms with Gasteiger partial charge in [0.2, 0.25) is 5.28 Å². The van der Waals surface area contributed by atoms with Crippen LogP contribution in [0.2, 0.25) is 5.28 Å². The second-order valence-electron chi connectivity index (χ2n) is 3.91. The monoisotopic (exact) mass is 271 g/mol. The van der Waals surface area contributed by atoms with Gasteiger partial charge in [0.25, 0.3) is 0 Å². The molecule has 0 aliphatic rings. The maximum atomic E-state index is 5.88. The van der Waals surface area contributed by atoms with Gasteiger partial charge in [-0.25, -0.2) is 9.97 Å². The minimum absolute atomic E-state index is 0.156. The lowest BCUT2D eigenvalue weighted by Gasteiger charge is -2.07. The highest BCUT2D eigenvalue weighted by molar-refractivity contribution is 6.28. The minimum atomic E-state index is 0.156. The molecule has 3 aromatic rings. The molecule has 0 atom stereocenters. The Bertz CT molecular complexity index is 702. The molecule has 0 saturated heterocycles. The van der Waals surface area contributed by atoms with Crippen molar-refractivity contribution in [3.05, 3.63) is 53.6 Å². The van der Waals surface area contributed by atoms with E-state index in [0.717, 1.165) is 5.56 Å². The van der Waals surface area contributed by atoms with Crippen molar-refractivity contribution < 1.29 is 0 Å². The van der Waals surface area contributed by atoms with Crippen LogP contribution in [0.4, 0.5) is 5.82 Å². The summed E-state index contributed by atoms with van der Waals surface area (Å²) in [5.41, 5.74) is 2.25. The summed E-state index contributed by atoms with van der Waals surface area (Å²) in [5.74, 6) is 0.590. The average molecular weight is 272 g/mol. The van der Waals surface area contributed by atoms with Crippen LogP contribution in [0.25, 0.3) is 11.2 Å². The van der Waals surface area contributed by atoms with Crippen LogP contribution in [0.1, 0.15) is 5.56 Å². The number of benzene rings is 1. The molecular formula is C13H10ClN5. The summed E-state index contributed by atoms with van der Waals surface area (Å²) in [7, 11) is 0. The van der Waals surface area contributed by atoms with Crippen molar-refractivity contribution in [3.63, 3.8) is 0 Å². The summed E-state index contributed by atoms with van der Waals surface area (Å²) >= 11 is 5.88. The standard InChI is InChI=1S/C13H10ClN5/c14-13-18-11-10(15-6-7-16-11)12(19-13)17-8-9-4-2-1-3-5-9/h1-7H,8H2,(H,16,17,18,19). The molecule has 6 heteroatoms. The number of anilines is 1. The Kier molecular flexibility index (Phi) is 3.20. The number of nitrogens with one attached hydrogen (secondary N) is 1. The van der Waals surface area contributed by atoms with Crippen LogP contribution in [0.5, 0.6) is 0 Å². The van der Waals surface area contributed by atoms with Gasteiger partial charge in [-0.2, -0.15) is 9.97 Å². The summed E-state index contributed by atoms with van der Waals surface area (Å²) in [6, 6.07) is 10.0. The number of fused-ring (bicyclic) bond motifs is 1. The molecule has 0 radical (unpaired) electrons. The number of rotatable bonds is 3. The van der Waals surface area contributed by atoms with E-state index in [1.165, 1.54) is 0 Å². The van der Waals surface area contributed by atoms with E-state index < -0.39 is 0 Å². The average Bonchev–Trinajstić information content (AvgIpc) is 2.45. The molecule has 5 nitrogen and oxygen atoms in total. The van der Waals surface area contributed by atoms with Crippen molar-refractivity contribution in [2.45, 2.75) is 6.54 Å². The summed E-state index contributed by atoms with van der Waals surface area (Å²) in [5, 5.41) is 3.36. The summed E-state index contributed by atoms with van der Waals surface area (Å²) in [6.45, 7) is 0.639. The molecule has 0 unspecified atom stereocenters. The largest absolute Gasteiger partial charge is 0.364 e. The van der Waals surface area contributed by atoms with Gasteiger partial charge in [-0.3, -0.25) is 0 Å². The van der Waals surface area contributed by atoms with Crippen molar-refractivity contribution >= 4 is 28.6 Å². The SMILES string of the molecule is Clc1nc(NCc2ccccc2)c2nccnc2n1. The van der Waals surface area contributed by atoms with Crippen LogP contribution < -0.4 is 5.32 Å². The van der Waals surface area contributed by atoms with E-state index in [-0.39, 0.29) is 5.28 Å². The van der Waals surface area contributed by atoms with Gasteiger partial charge >= 0.3 is 0 Å². The molecule has 2 heterocycles. The summed E-state index contributed by atoms with van der Waals surface area (Å²) in [4.78, 5) is 16.5. The molecular weight excluding hydrogens is 262 g/mol. The van der Waals surface area contributed by atoms with Crippen molar-refractivity contribution in [1.29, 1.82) is 0 Å². The second-order valence-corrected chi connectivity index (χ2v) is 4.25. The first-order valence-corrected chi connectivity index (χ1v) is 6.13. The van der Waals surface area contributed by atoms with Crippen molar-refractivity contribution in [2.24, 2.45) is 0 Å². The molecule has 0 aliphatic carbocycles. The molecule has 94 valence electrons. The Morgan fingerprint density at radius 2 is 1.79 bits per heavy atom. The van der Waals surface area contributed by atoms with Crippen molar-refractivity contribution in [2.75, 3.05) is 5.32 Å². The third kappa shape index (κ3) is 2.61. The summed E-state index contributed by atoms with van der Waals surface area (Å²) in [6.07, 6.45) is 3.18. The van der Waals surface area contributed by atoms with Crippen LogP contribution in [0, 0.1) is 0 Å². The zero-order valence-corrected chi connectivity index (χ0v) is 10.7. The van der Waals surface area contributed by atoms with Crippen LogP contribution >= 0.6 is 11.6 Å². The Balaban J connectivity index is 1.92. The molecule has 1 aromatic carbocycles. The van der Waals surface area contributed by atoms with Gasteiger partial charge < -0.3 is 5.32 Å². The second kappa shape index (κ2) is 5.16. The number of hydrogen-bond acceptors (Lipinski definition) is 5. The van der Waals surface area contributed by atoms with Gasteiger partial charge in [0, 0.05) is 18.9 Å². The number of nitrogens with zero attached hydrogens (tertiary/aromatic N) is 4. The fourth-order valence-electron chi connectivity index (χ4n) is 1.74. The molecule has 0 bridgehead atoms.